The van der Waals surface area contributed by atoms with Gasteiger partial charge in [-0.25, -0.2) is 8.42 Å². The topological polar surface area (TPSA) is 57.6 Å². The average molecular weight is 285 g/mol. The van der Waals surface area contributed by atoms with E-state index in [1.807, 2.05) is 43.0 Å². The van der Waals surface area contributed by atoms with Gasteiger partial charge in [0, 0.05) is 19.3 Å². The molecule has 0 aromatic heterocycles. The maximum absolute atomic E-state index is 11.2. The second kappa shape index (κ2) is 7.03. The van der Waals surface area contributed by atoms with E-state index in [1.54, 1.807) is 0 Å². The van der Waals surface area contributed by atoms with E-state index < -0.39 is 15.9 Å². The first-order valence-electron chi connectivity index (χ1n) is 6.46. The molecule has 108 valence electrons. The fourth-order valence-corrected chi connectivity index (χ4v) is 2.40. The molecule has 0 saturated carbocycles. The summed E-state index contributed by atoms with van der Waals surface area (Å²) in [5.74, 6) is 0.126. The van der Waals surface area contributed by atoms with Crippen LogP contribution in [0.2, 0.25) is 0 Å². The van der Waals surface area contributed by atoms with Gasteiger partial charge in [-0.2, -0.15) is 0 Å². The van der Waals surface area contributed by atoms with Crippen molar-refractivity contribution in [3.05, 3.63) is 35.4 Å². The normalized spacial score (nSPS) is 13.7. The first kappa shape index (κ1) is 16.1. The molecule has 1 rings (SSSR count). The molecule has 1 N–H and O–H groups in total. The molecule has 1 aromatic rings. The van der Waals surface area contributed by atoms with Crippen LogP contribution in [-0.2, 0) is 9.84 Å². The summed E-state index contributed by atoms with van der Waals surface area (Å²) >= 11 is 0. The van der Waals surface area contributed by atoms with Crippen LogP contribution >= 0.6 is 0 Å². The van der Waals surface area contributed by atoms with Gasteiger partial charge in [0.05, 0.1) is 11.9 Å². The van der Waals surface area contributed by atoms with Crippen molar-refractivity contribution >= 4 is 9.84 Å². The molecule has 0 heterocycles. The molecule has 19 heavy (non-hydrogen) atoms. The van der Waals surface area contributed by atoms with Crippen LogP contribution in [0.5, 0.6) is 0 Å². The van der Waals surface area contributed by atoms with Gasteiger partial charge in [0.25, 0.3) is 0 Å². The Morgan fingerprint density at radius 1 is 1.26 bits per heavy atom. The van der Waals surface area contributed by atoms with E-state index in [2.05, 4.69) is 0 Å². The average Bonchev–Trinajstić information content (AvgIpc) is 2.34. The van der Waals surface area contributed by atoms with Crippen molar-refractivity contribution in [3.8, 4) is 0 Å². The number of sulfone groups is 1. The van der Waals surface area contributed by atoms with Crippen molar-refractivity contribution in [1.29, 1.82) is 0 Å². The second-order valence-electron chi connectivity index (χ2n) is 4.95. The molecule has 0 aliphatic rings. The standard InChI is InChI=1S/C14H23NO3S/c1-4-15(9-10-19(3,17)18)11-14(16)13-7-5-12(2)6-8-13/h5-8,14,16H,4,9-11H2,1-3H3. The highest BCUT2D eigenvalue weighted by Crippen LogP contribution is 2.15. The minimum absolute atomic E-state index is 0.126. The van der Waals surface area contributed by atoms with Crippen LogP contribution in [-0.4, -0.2) is 50.1 Å². The highest BCUT2D eigenvalue weighted by molar-refractivity contribution is 7.90. The molecule has 0 saturated heterocycles. The summed E-state index contributed by atoms with van der Waals surface area (Å²) in [5.41, 5.74) is 2.02. The number of benzene rings is 1. The van der Waals surface area contributed by atoms with Crippen LogP contribution < -0.4 is 0 Å². The van der Waals surface area contributed by atoms with Gasteiger partial charge in [-0.3, -0.25) is 4.90 Å². The Morgan fingerprint density at radius 3 is 2.32 bits per heavy atom. The van der Waals surface area contributed by atoms with E-state index in [4.69, 9.17) is 0 Å². The number of aryl methyl sites for hydroxylation is 1. The third-order valence-corrected chi connectivity index (χ3v) is 4.04. The Bertz CT molecular complexity index is 482. The van der Waals surface area contributed by atoms with E-state index in [9.17, 15) is 13.5 Å². The smallest absolute Gasteiger partial charge is 0.148 e. The third kappa shape index (κ3) is 6.18. The molecule has 0 fully saturated rings. The summed E-state index contributed by atoms with van der Waals surface area (Å²) in [4.78, 5) is 1.95. The van der Waals surface area contributed by atoms with Crippen molar-refractivity contribution < 1.29 is 13.5 Å². The lowest BCUT2D eigenvalue weighted by Crippen LogP contribution is -2.32. The van der Waals surface area contributed by atoms with Crippen LogP contribution in [0, 0.1) is 6.92 Å². The molecular weight excluding hydrogens is 262 g/mol. The fourth-order valence-electron chi connectivity index (χ4n) is 1.81. The maximum atomic E-state index is 11.2. The largest absolute Gasteiger partial charge is 0.387 e. The highest BCUT2D eigenvalue weighted by Gasteiger charge is 2.14. The summed E-state index contributed by atoms with van der Waals surface area (Å²) in [5, 5.41) is 10.2. The van der Waals surface area contributed by atoms with Gasteiger partial charge >= 0.3 is 0 Å². The zero-order chi connectivity index (χ0) is 14.5. The number of aliphatic hydroxyl groups is 1. The van der Waals surface area contributed by atoms with E-state index in [1.165, 1.54) is 6.26 Å². The fraction of sp³-hybridized carbons (Fsp3) is 0.571. The van der Waals surface area contributed by atoms with Crippen LogP contribution in [0.3, 0.4) is 0 Å². The third-order valence-electron chi connectivity index (χ3n) is 3.12. The van der Waals surface area contributed by atoms with Gasteiger partial charge in [-0.1, -0.05) is 36.8 Å². The molecule has 5 heteroatoms. The van der Waals surface area contributed by atoms with E-state index in [-0.39, 0.29) is 5.75 Å². The number of aliphatic hydroxyl groups excluding tert-OH is 1. The van der Waals surface area contributed by atoms with E-state index in [0.717, 1.165) is 17.7 Å². The first-order chi connectivity index (χ1) is 8.81. The SMILES string of the molecule is CCN(CCS(C)(=O)=O)CC(O)c1ccc(C)cc1. The van der Waals surface area contributed by atoms with Gasteiger partial charge in [-0.05, 0) is 19.0 Å². The predicted octanol–water partition coefficient (Wildman–Crippen LogP) is 1.39. The molecule has 1 unspecified atom stereocenters. The van der Waals surface area contributed by atoms with Crippen molar-refractivity contribution in [2.24, 2.45) is 0 Å². The van der Waals surface area contributed by atoms with Crippen LogP contribution in [0.4, 0.5) is 0 Å². The zero-order valence-corrected chi connectivity index (χ0v) is 12.7. The number of hydrogen-bond acceptors (Lipinski definition) is 4. The molecule has 4 nitrogen and oxygen atoms in total. The summed E-state index contributed by atoms with van der Waals surface area (Å²) < 4.78 is 22.3. The number of likely N-dealkylation sites (N-methyl/N-ethyl adjacent to an activating group) is 1. The highest BCUT2D eigenvalue weighted by atomic mass is 32.2. The molecule has 0 aliphatic carbocycles. The van der Waals surface area contributed by atoms with E-state index in [0.29, 0.717) is 13.1 Å². The molecule has 1 atom stereocenters. The lowest BCUT2D eigenvalue weighted by Gasteiger charge is -2.23. The van der Waals surface area contributed by atoms with Gasteiger partial charge in [0.15, 0.2) is 0 Å². The summed E-state index contributed by atoms with van der Waals surface area (Å²) in [6.45, 7) is 5.59. The maximum Gasteiger partial charge on any atom is 0.148 e. The minimum Gasteiger partial charge on any atom is -0.387 e. The van der Waals surface area contributed by atoms with Crippen molar-refractivity contribution in [1.82, 2.24) is 4.90 Å². The van der Waals surface area contributed by atoms with Crippen molar-refractivity contribution in [2.45, 2.75) is 20.0 Å². The number of hydrogen-bond donors (Lipinski definition) is 1. The monoisotopic (exact) mass is 285 g/mol. The molecule has 0 bridgehead atoms. The molecule has 0 amide bonds. The van der Waals surface area contributed by atoms with Crippen LogP contribution in [0.1, 0.15) is 24.2 Å². The Morgan fingerprint density at radius 2 is 1.84 bits per heavy atom. The Hall–Kier alpha value is -0.910. The van der Waals surface area contributed by atoms with Crippen molar-refractivity contribution in [3.63, 3.8) is 0 Å². The molecule has 0 spiro atoms. The van der Waals surface area contributed by atoms with E-state index >= 15 is 0 Å². The lowest BCUT2D eigenvalue weighted by molar-refractivity contribution is 0.119. The van der Waals surface area contributed by atoms with Crippen LogP contribution in [0.25, 0.3) is 0 Å². The molecular formula is C14H23NO3S. The van der Waals surface area contributed by atoms with Gasteiger partial charge in [-0.15, -0.1) is 0 Å². The Balaban J connectivity index is 2.57. The molecule has 0 aliphatic heterocycles. The lowest BCUT2D eigenvalue weighted by atomic mass is 10.1. The summed E-state index contributed by atoms with van der Waals surface area (Å²) in [6, 6.07) is 7.74. The Kier molecular flexibility index (Phi) is 5.97. The zero-order valence-electron chi connectivity index (χ0n) is 11.8. The number of nitrogens with zero attached hydrogens (tertiary/aromatic N) is 1. The number of rotatable bonds is 7. The van der Waals surface area contributed by atoms with Crippen molar-refractivity contribution in [2.75, 3.05) is 31.6 Å². The minimum atomic E-state index is -2.96. The first-order valence-corrected chi connectivity index (χ1v) is 8.52. The predicted molar refractivity (Wildman–Crippen MR) is 78.0 cm³/mol. The quantitative estimate of drug-likeness (QED) is 0.822. The second-order valence-corrected chi connectivity index (χ2v) is 7.21. The van der Waals surface area contributed by atoms with Gasteiger partial charge < -0.3 is 5.11 Å². The van der Waals surface area contributed by atoms with Crippen LogP contribution in [0.15, 0.2) is 24.3 Å². The van der Waals surface area contributed by atoms with Gasteiger partial charge in [0.2, 0.25) is 0 Å². The van der Waals surface area contributed by atoms with Gasteiger partial charge in [0.1, 0.15) is 9.84 Å². The summed E-state index contributed by atoms with van der Waals surface area (Å²) in [6.07, 6.45) is 0.650. The molecule has 1 aromatic carbocycles. The molecule has 0 radical (unpaired) electrons. The summed E-state index contributed by atoms with van der Waals surface area (Å²) in [7, 11) is -2.96. The Labute approximate surface area is 116 Å².